The Kier molecular flexibility index (Phi) is 4.24. The van der Waals surface area contributed by atoms with Crippen molar-refractivity contribution < 1.29 is 49.8 Å². The molecule has 25 heavy (non-hydrogen) atoms. The third-order valence-corrected chi connectivity index (χ3v) is 5.21. The zero-order valence-corrected chi connectivity index (χ0v) is 14.6. The minimum Gasteiger partial charge on any atom is -0.387 e. The quantitative estimate of drug-likeness (QED) is 0.540. The van der Waals surface area contributed by atoms with Crippen LogP contribution in [0.5, 0.6) is 0 Å². The van der Waals surface area contributed by atoms with Crippen LogP contribution in [0.15, 0.2) is 0 Å². The van der Waals surface area contributed by atoms with Crippen LogP contribution in [0.4, 0.5) is 13.2 Å². The maximum absolute atomic E-state index is 12.8. The van der Waals surface area contributed by atoms with Crippen molar-refractivity contribution in [1.82, 2.24) is 0 Å². The van der Waals surface area contributed by atoms with E-state index in [0.717, 1.165) is 0 Å². The summed E-state index contributed by atoms with van der Waals surface area (Å²) in [5.41, 5.74) is -5.61. The molecule has 2 unspecified atom stereocenters. The SMILES string of the molecule is CC1(C)O[C@@H]2C(OS(=O)(=O)C(F)(F)F)[C@H]3OC(C)(C)O[C@H]3C(O)[C@H]2O1. The molecule has 2 aliphatic heterocycles. The van der Waals surface area contributed by atoms with Gasteiger partial charge >= 0.3 is 15.6 Å². The number of aliphatic hydroxyl groups excluding tert-OH is 1. The number of fused-ring (bicyclic) bond motifs is 2. The molecule has 3 aliphatic rings. The Balaban J connectivity index is 1.98. The Bertz CT molecular complexity index is 614. The topological polar surface area (TPSA) is 101 Å². The van der Waals surface area contributed by atoms with Gasteiger partial charge in [0.05, 0.1) is 0 Å². The molecule has 0 aromatic carbocycles. The molecule has 0 spiro atoms. The maximum Gasteiger partial charge on any atom is 0.523 e. The molecule has 12 heteroatoms. The van der Waals surface area contributed by atoms with E-state index in [0.29, 0.717) is 0 Å². The van der Waals surface area contributed by atoms with E-state index in [4.69, 9.17) is 18.9 Å². The van der Waals surface area contributed by atoms with Gasteiger partial charge in [0.15, 0.2) is 11.6 Å². The number of hydrogen-bond donors (Lipinski definition) is 1. The van der Waals surface area contributed by atoms with Crippen molar-refractivity contribution in [3.05, 3.63) is 0 Å². The van der Waals surface area contributed by atoms with Crippen molar-refractivity contribution in [3.8, 4) is 0 Å². The third-order valence-electron chi connectivity index (χ3n) is 4.17. The molecule has 0 bridgehead atoms. The number of ether oxygens (including phenoxy) is 4. The van der Waals surface area contributed by atoms with Gasteiger partial charge < -0.3 is 24.1 Å². The molecule has 0 radical (unpaired) electrons. The highest BCUT2D eigenvalue weighted by molar-refractivity contribution is 7.87. The summed E-state index contributed by atoms with van der Waals surface area (Å²) in [6.07, 6.45) is -7.85. The number of rotatable bonds is 2. The summed E-state index contributed by atoms with van der Waals surface area (Å²) in [4.78, 5) is 0. The van der Waals surface area contributed by atoms with Gasteiger partial charge in [0.1, 0.15) is 36.6 Å². The normalized spacial score (nSPS) is 42.9. The van der Waals surface area contributed by atoms with Gasteiger partial charge in [-0.3, -0.25) is 4.18 Å². The van der Waals surface area contributed by atoms with Gasteiger partial charge in [0, 0.05) is 0 Å². The Labute approximate surface area is 142 Å². The second kappa shape index (κ2) is 5.50. The van der Waals surface area contributed by atoms with Crippen molar-refractivity contribution in [1.29, 1.82) is 0 Å². The minimum atomic E-state index is -5.92. The van der Waals surface area contributed by atoms with Crippen LogP contribution in [-0.4, -0.2) is 67.2 Å². The summed E-state index contributed by atoms with van der Waals surface area (Å²) >= 11 is 0. The van der Waals surface area contributed by atoms with Crippen LogP contribution in [0, 0.1) is 0 Å². The van der Waals surface area contributed by atoms with E-state index in [1.54, 1.807) is 0 Å². The smallest absolute Gasteiger partial charge is 0.387 e. The monoisotopic (exact) mass is 392 g/mol. The van der Waals surface area contributed by atoms with E-state index < -0.39 is 63.8 Å². The predicted molar refractivity (Wildman–Crippen MR) is 73.5 cm³/mol. The van der Waals surface area contributed by atoms with E-state index in [1.807, 2.05) is 0 Å². The van der Waals surface area contributed by atoms with E-state index in [-0.39, 0.29) is 0 Å². The number of aliphatic hydroxyl groups is 1. The van der Waals surface area contributed by atoms with Crippen LogP contribution in [0.25, 0.3) is 0 Å². The molecule has 146 valence electrons. The standard InChI is InChI=1S/C13H19F3O8S/c1-11(2)20-6-5(17)7-9(23-12(3,4)21-7)10(8(6)22-11)24-25(18,19)13(14,15)16/h5-10,17H,1-4H3/t5?,6-,7+,8-,9-,10?/m0/s1. The zero-order chi connectivity index (χ0) is 19.0. The molecule has 0 aromatic heterocycles. The average molecular weight is 392 g/mol. The largest absolute Gasteiger partial charge is 0.523 e. The number of hydrogen-bond acceptors (Lipinski definition) is 8. The van der Waals surface area contributed by atoms with E-state index in [9.17, 15) is 26.7 Å². The Morgan fingerprint density at radius 1 is 0.880 bits per heavy atom. The first-order chi connectivity index (χ1) is 11.1. The number of halogens is 3. The van der Waals surface area contributed by atoms with Gasteiger partial charge in [0.2, 0.25) is 0 Å². The predicted octanol–water partition coefficient (Wildman–Crippen LogP) is 0.636. The summed E-state index contributed by atoms with van der Waals surface area (Å²) in [7, 11) is -5.92. The maximum atomic E-state index is 12.8. The molecule has 2 heterocycles. The van der Waals surface area contributed by atoms with Crippen LogP contribution in [0.2, 0.25) is 0 Å². The molecule has 1 saturated carbocycles. The molecule has 0 amide bonds. The van der Waals surface area contributed by atoms with Gasteiger partial charge in [-0.25, -0.2) is 0 Å². The fourth-order valence-corrected chi connectivity index (χ4v) is 3.98. The molecule has 8 nitrogen and oxygen atoms in total. The Morgan fingerprint density at radius 2 is 1.24 bits per heavy atom. The van der Waals surface area contributed by atoms with E-state index in [1.165, 1.54) is 27.7 Å². The summed E-state index contributed by atoms with van der Waals surface area (Å²) < 4.78 is 87.7. The van der Waals surface area contributed by atoms with Crippen LogP contribution in [-0.2, 0) is 33.2 Å². The Hall–Kier alpha value is -0.500. The molecule has 3 fully saturated rings. The van der Waals surface area contributed by atoms with Crippen molar-refractivity contribution in [2.75, 3.05) is 0 Å². The van der Waals surface area contributed by atoms with Crippen molar-refractivity contribution in [2.45, 2.75) is 81.4 Å². The first-order valence-electron chi connectivity index (χ1n) is 7.52. The van der Waals surface area contributed by atoms with Gasteiger partial charge in [-0.1, -0.05) is 0 Å². The van der Waals surface area contributed by atoms with Gasteiger partial charge in [0.25, 0.3) is 0 Å². The molecular weight excluding hydrogens is 373 g/mol. The first-order valence-corrected chi connectivity index (χ1v) is 8.93. The van der Waals surface area contributed by atoms with Gasteiger partial charge in [-0.05, 0) is 27.7 Å². The molecule has 1 N–H and O–H groups in total. The highest BCUT2D eigenvalue weighted by Crippen LogP contribution is 2.46. The highest BCUT2D eigenvalue weighted by Gasteiger charge is 2.65. The zero-order valence-electron chi connectivity index (χ0n) is 13.8. The van der Waals surface area contributed by atoms with Crippen LogP contribution >= 0.6 is 0 Å². The van der Waals surface area contributed by atoms with E-state index in [2.05, 4.69) is 4.18 Å². The lowest BCUT2D eigenvalue weighted by Crippen LogP contribution is -2.63. The third kappa shape index (κ3) is 3.29. The Morgan fingerprint density at radius 3 is 1.60 bits per heavy atom. The molecular formula is C13H19F3O8S. The lowest BCUT2D eigenvalue weighted by Gasteiger charge is -2.39. The lowest BCUT2D eigenvalue weighted by atomic mass is 9.85. The molecule has 1 aliphatic carbocycles. The average Bonchev–Trinajstić information content (AvgIpc) is 2.89. The van der Waals surface area contributed by atoms with Crippen molar-refractivity contribution in [2.24, 2.45) is 0 Å². The molecule has 2 saturated heterocycles. The van der Waals surface area contributed by atoms with E-state index >= 15 is 0 Å². The first kappa shape index (κ1) is 19.3. The second-order valence-corrected chi connectivity index (χ2v) is 8.64. The molecule has 6 atom stereocenters. The fourth-order valence-electron chi connectivity index (χ4n) is 3.36. The highest BCUT2D eigenvalue weighted by atomic mass is 32.2. The van der Waals surface area contributed by atoms with Crippen LogP contribution < -0.4 is 0 Å². The van der Waals surface area contributed by atoms with Crippen molar-refractivity contribution in [3.63, 3.8) is 0 Å². The summed E-state index contributed by atoms with van der Waals surface area (Å²) in [6.45, 7) is 5.92. The van der Waals surface area contributed by atoms with Gasteiger partial charge in [-0.15, -0.1) is 0 Å². The van der Waals surface area contributed by atoms with Gasteiger partial charge in [-0.2, -0.15) is 21.6 Å². The van der Waals surface area contributed by atoms with Crippen molar-refractivity contribution >= 4 is 10.1 Å². The summed E-state index contributed by atoms with van der Waals surface area (Å²) in [6, 6.07) is 0. The fraction of sp³-hybridized carbons (Fsp3) is 1.00. The van der Waals surface area contributed by atoms with Crippen LogP contribution in [0.1, 0.15) is 27.7 Å². The number of alkyl halides is 3. The molecule has 3 rings (SSSR count). The summed E-state index contributed by atoms with van der Waals surface area (Å²) in [5, 5.41) is 10.5. The minimum absolute atomic E-state index is 1.14. The van der Waals surface area contributed by atoms with Crippen LogP contribution in [0.3, 0.4) is 0 Å². The molecule has 0 aromatic rings. The lowest BCUT2D eigenvalue weighted by molar-refractivity contribution is -0.182. The summed E-state index contributed by atoms with van der Waals surface area (Å²) in [5.74, 6) is -2.51. The second-order valence-electron chi connectivity index (χ2n) is 7.08.